The maximum absolute atomic E-state index is 14.0. The molecule has 2 atom stereocenters. The number of aliphatic carboxylic acids is 1. The summed E-state index contributed by atoms with van der Waals surface area (Å²) in [7, 11) is -2.22. The number of imidazole rings is 1. The van der Waals surface area contributed by atoms with Crippen molar-refractivity contribution >= 4 is 90.7 Å². The summed E-state index contributed by atoms with van der Waals surface area (Å²) < 4.78 is 37.7. The van der Waals surface area contributed by atoms with Crippen molar-refractivity contribution in [3.8, 4) is 16.2 Å². The summed E-state index contributed by atoms with van der Waals surface area (Å²) >= 11 is 7.39. The number of benzene rings is 3. The fourth-order valence-electron chi connectivity index (χ4n) is 9.66. The molecule has 0 radical (unpaired) electrons. The summed E-state index contributed by atoms with van der Waals surface area (Å²) in [6.07, 6.45) is 1.71. The van der Waals surface area contributed by atoms with Crippen molar-refractivity contribution in [3.63, 3.8) is 0 Å². The highest BCUT2D eigenvalue weighted by molar-refractivity contribution is 7.88. The molecule has 3 aromatic carbocycles. The molecule has 0 saturated carbocycles. The minimum absolute atomic E-state index is 0.0117. The van der Waals surface area contributed by atoms with Crippen LogP contribution in [0.3, 0.4) is 0 Å². The fourth-order valence-corrected chi connectivity index (χ4v) is 13.0. The number of carboxylic acid groups (broad SMARTS) is 2. The number of aromatic nitrogens is 2. The zero-order valence-corrected chi connectivity index (χ0v) is 40.4. The second-order valence-corrected chi connectivity index (χ2v) is 21.7. The van der Waals surface area contributed by atoms with Crippen molar-refractivity contribution in [3.05, 3.63) is 92.7 Å². The number of aryl methyl sites for hydroxylation is 1. The van der Waals surface area contributed by atoms with E-state index < -0.39 is 57.6 Å². The minimum Gasteiger partial charge on any atom is -0.479 e. The van der Waals surface area contributed by atoms with E-state index in [4.69, 9.17) is 21.4 Å². The van der Waals surface area contributed by atoms with Gasteiger partial charge in [-0.25, -0.2) is 22.8 Å². The highest BCUT2D eigenvalue weighted by Gasteiger charge is 2.42. The number of halogens is 1. The van der Waals surface area contributed by atoms with Gasteiger partial charge < -0.3 is 35.6 Å². The van der Waals surface area contributed by atoms with Gasteiger partial charge in [0.1, 0.15) is 11.1 Å². The molecule has 0 aliphatic carbocycles. The van der Waals surface area contributed by atoms with Gasteiger partial charge in [-0.1, -0.05) is 35.9 Å². The molecule has 3 amide bonds. The van der Waals surface area contributed by atoms with Crippen LogP contribution in [0, 0.1) is 0 Å². The molecule has 3 saturated heterocycles. The number of nitrogens with zero attached hydrogens (tertiary/aromatic N) is 4. The van der Waals surface area contributed by atoms with E-state index in [1.54, 1.807) is 55.6 Å². The third-order valence-electron chi connectivity index (χ3n) is 13.0. The number of amides is 3. The normalized spacial score (nSPS) is 19.5. The number of carbonyl (C=O) groups is 5. The molecule has 0 bridgehead atoms. The topological polar surface area (TPSA) is 259 Å². The van der Waals surface area contributed by atoms with Crippen molar-refractivity contribution in [2.24, 2.45) is 7.05 Å². The summed E-state index contributed by atoms with van der Waals surface area (Å²) in [5, 5.41) is 38.9. The summed E-state index contributed by atoms with van der Waals surface area (Å²) in [5.41, 5.74) is 1.70. The third-order valence-corrected chi connectivity index (χ3v) is 16.7. The molecule has 22 heteroatoms. The van der Waals surface area contributed by atoms with Crippen LogP contribution in [0.15, 0.2) is 71.5 Å². The maximum atomic E-state index is 14.0. The number of ether oxygens (including phenoxy) is 1. The number of carbonyl (C=O) groups excluding carboxylic acids is 3. The average Bonchev–Trinajstić information content (AvgIpc) is 3.73. The number of hydrogen-bond acceptors (Lipinski definition) is 13. The van der Waals surface area contributed by atoms with Crippen LogP contribution in [0.2, 0.25) is 5.02 Å². The Hall–Kier alpha value is -6.26. The number of carboxylic acids is 2. The van der Waals surface area contributed by atoms with E-state index in [1.807, 2.05) is 32.0 Å². The van der Waals surface area contributed by atoms with Crippen LogP contribution in [0.25, 0.3) is 21.5 Å². The van der Waals surface area contributed by atoms with Gasteiger partial charge in [-0.3, -0.25) is 28.8 Å². The Kier molecular flexibility index (Phi) is 13.7. The van der Waals surface area contributed by atoms with E-state index in [0.29, 0.717) is 64.3 Å². The summed E-state index contributed by atoms with van der Waals surface area (Å²) in [6, 6.07) is 18.3. The zero-order valence-electron chi connectivity index (χ0n) is 38.0. The van der Waals surface area contributed by atoms with E-state index in [9.17, 15) is 47.4 Å². The molecule has 2 aromatic heterocycles. The number of fused-ring (bicyclic) bond motifs is 1. The molecule has 3 aliphatic heterocycles. The minimum atomic E-state index is -3.84. The van der Waals surface area contributed by atoms with Gasteiger partial charge in [0, 0.05) is 61.7 Å². The Labute approximate surface area is 405 Å². The lowest BCUT2D eigenvalue weighted by atomic mass is 9.87. The molecule has 19 nitrogen and oxygen atoms in total. The Morgan fingerprint density at radius 1 is 0.942 bits per heavy atom. The smallest absolute Gasteiger partial charge is 0.349 e. The average molecular weight is 1010 g/mol. The second kappa shape index (κ2) is 19.3. The van der Waals surface area contributed by atoms with Gasteiger partial charge >= 0.3 is 17.6 Å². The van der Waals surface area contributed by atoms with Gasteiger partial charge in [-0.2, -0.15) is 4.31 Å². The lowest BCUT2D eigenvalue weighted by Gasteiger charge is -2.45. The van der Waals surface area contributed by atoms with Crippen LogP contribution in [-0.4, -0.2) is 110 Å². The predicted molar refractivity (Wildman–Crippen MR) is 260 cm³/mol. The molecule has 5 aromatic rings. The molecule has 6 N–H and O–H groups in total. The molecule has 3 aliphatic rings. The van der Waals surface area contributed by atoms with Gasteiger partial charge in [-0.05, 0) is 99.5 Å². The molecule has 8 rings (SSSR count). The monoisotopic (exact) mass is 1010 g/mol. The first kappa shape index (κ1) is 49.2. The highest BCUT2D eigenvalue weighted by atomic mass is 35.5. The highest BCUT2D eigenvalue weighted by Crippen LogP contribution is 2.46. The number of anilines is 3. The van der Waals surface area contributed by atoms with Crippen molar-refractivity contribution in [1.82, 2.24) is 18.8 Å². The first-order valence-corrected chi connectivity index (χ1v) is 25.1. The van der Waals surface area contributed by atoms with Crippen LogP contribution in [0.4, 0.5) is 17.1 Å². The fraction of sp³-hybridized carbons (Fsp3) is 0.404. The van der Waals surface area contributed by atoms with Gasteiger partial charge in [-0.15, -0.1) is 11.3 Å². The van der Waals surface area contributed by atoms with Gasteiger partial charge in [0.2, 0.25) is 27.7 Å². The van der Waals surface area contributed by atoms with Crippen LogP contribution < -0.4 is 31.3 Å². The molecule has 5 heterocycles. The first-order valence-electron chi connectivity index (χ1n) is 22.3. The number of thiophene rings is 1. The molecular weight excluding hydrogens is 954 g/mol. The number of sulfonamides is 1. The van der Waals surface area contributed by atoms with E-state index >= 15 is 0 Å². The lowest BCUT2D eigenvalue weighted by molar-refractivity contribution is -0.139. The molecule has 69 heavy (non-hydrogen) atoms. The van der Waals surface area contributed by atoms with Crippen LogP contribution in [-0.2, 0) is 42.0 Å². The van der Waals surface area contributed by atoms with Gasteiger partial charge in [0.15, 0.2) is 17.2 Å². The summed E-state index contributed by atoms with van der Waals surface area (Å²) in [6.45, 7) is 4.06. The Bertz CT molecular complexity index is 3050. The predicted octanol–water partition coefficient (Wildman–Crippen LogP) is 5.41. The zero-order chi connectivity index (χ0) is 49.6. The van der Waals surface area contributed by atoms with Crippen molar-refractivity contribution in [1.29, 1.82) is 0 Å². The number of hydrogen-bond donors (Lipinski definition) is 6. The summed E-state index contributed by atoms with van der Waals surface area (Å²) in [4.78, 5) is 76.2. The maximum Gasteiger partial charge on any atom is 0.349 e. The van der Waals surface area contributed by atoms with Crippen molar-refractivity contribution in [2.45, 2.75) is 87.8 Å². The quantitative estimate of drug-likeness (QED) is 0.0718. The Balaban J connectivity index is 0.850. The number of aromatic carboxylic acids is 1. The Morgan fingerprint density at radius 3 is 2.36 bits per heavy atom. The van der Waals surface area contributed by atoms with E-state index in [2.05, 4.69) is 20.9 Å². The van der Waals surface area contributed by atoms with Gasteiger partial charge in [0.25, 0.3) is 0 Å². The standard InChI is InChI=1S/C47H52ClN7O12S2/c1-46(2)23-31(49-30-9-5-7-28(21-30)41-39(48)40(67-25-38(58)59)42(68-41)44(61)62)14-17-54(46)69(65,66)26-27-6-4-8-29(20-27)50-37(57)24-47(64)15-18-53(19-16-47)32-10-11-33-35(22-32)52(3)45(63)55(33)34-12-13-36(56)51-43(34)60/h4-11,20-22,31,34,49,64H,12-19,23-26H2,1-3H3,(H,50,57)(H,58,59)(H,61,62)(H,51,56,60)/t31-,34?/m0/s1. The van der Waals surface area contributed by atoms with Crippen LogP contribution in [0.5, 0.6) is 5.75 Å². The first-order chi connectivity index (χ1) is 32.6. The number of rotatable bonds is 15. The molecule has 1 unspecified atom stereocenters. The summed E-state index contributed by atoms with van der Waals surface area (Å²) in [5.74, 6) is -4.40. The SMILES string of the molecule is Cn1c(=O)n(C2CCC(=O)NC2=O)c2ccc(N3CCC(O)(CC(=O)Nc4cccc(CS(=O)(=O)N5CC[C@H](Nc6cccc(-c7sc(C(=O)O)c(OCC(=O)O)c7Cl)c6)CC5(C)C)c4)CC3)cc21. The number of imide groups is 1. The lowest BCUT2D eigenvalue weighted by Crippen LogP contribution is -2.55. The largest absolute Gasteiger partial charge is 0.479 e. The molecule has 366 valence electrons. The molecule has 3 fully saturated rings. The van der Waals surface area contributed by atoms with Crippen LogP contribution in [0.1, 0.15) is 80.1 Å². The number of aliphatic hydroxyl groups is 1. The van der Waals surface area contributed by atoms with Crippen molar-refractivity contribution < 1.29 is 52.4 Å². The number of nitrogens with one attached hydrogen (secondary N) is 3. The molecular formula is C47H52ClN7O12S2. The second-order valence-electron chi connectivity index (χ2n) is 18.4. The Morgan fingerprint density at radius 2 is 1.67 bits per heavy atom. The van der Waals surface area contributed by atoms with Crippen molar-refractivity contribution in [2.75, 3.05) is 41.8 Å². The number of piperidine rings is 3. The van der Waals surface area contributed by atoms with Gasteiger partial charge in [0.05, 0.1) is 33.7 Å². The van der Waals surface area contributed by atoms with Crippen LogP contribution >= 0.6 is 22.9 Å². The van der Waals surface area contributed by atoms with E-state index in [1.165, 1.54) is 13.4 Å². The van der Waals surface area contributed by atoms with E-state index in [0.717, 1.165) is 17.0 Å². The molecule has 0 spiro atoms. The third kappa shape index (κ3) is 10.5. The van der Waals surface area contributed by atoms with E-state index in [-0.39, 0.29) is 77.7 Å².